The van der Waals surface area contributed by atoms with Crippen LogP contribution in [0.4, 0.5) is 0 Å². The van der Waals surface area contributed by atoms with E-state index in [0.717, 1.165) is 0 Å². The quantitative estimate of drug-likeness (QED) is 0.320. The van der Waals surface area contributed by atoms with Gasteiger partial charge in [-0.3, -0.25) is 0 Å². The highest BCUT2D eigenvalue weighted by Gasteiger charge is 1.93. The molecule has 0 aliphatic carbocycles. The summed E-state index contributed by atoms with van der Waals surface area (Å²) in [6, 6.07) is 0. The molecule has 0 aliphatic rings. The lowest BCUT2D eigenvalue weighted by Crippen LogP contribution is -1.87. The zero-order valence-corrected chi connectivity index (χ0v) is 14.3. The smallest absolute Gasteiger partial charge is 0.00675 e. The van der Waals surface area contributed by atoms with Gasteiger partial charge in [0.15, 0.2) is 0 Å². The normalized spacial score (nSPS) is 11.0. The first kappa shape index (κ1) is 18.7. The van der Waals surface area contributed by atoms with Gasteiger partial charge in [0.25, 0.3) is 0 Å². The first-order valence-corrected chi connectivity index (χ1v) is 10.4. The van der Waals surface area contributed by atoms with Crippen LogP contribution in [0.3, 0.4) is 0 Å². The highest BCUT2D eigenvalue weighted by Crippen LogP contribution is 2.13. The van der Waals surface area contributed by atoms with Crippen molar-refractivity contribution >= 4 is 23.5 Å². The van der Waals surface area contributed by atoms with Crippen LogP contribution in [0, 0.1) is 0 Å². The topological polar surface area (TPSA) is 0 Å². The van der Waals surface area contributed by atoms with E-state index >= 15 is 0 Å². The molecule has 0 bridgehead atoms. The van der Waals surface area contributed by atoms with Crippen molar-refractivity contribution in [2.45, 2.75) is 78.1 Å². The highest BCUT2D eigenvalue weighted by molar-refractivity contribution is 7.99. The summed E-state index contributed by atoms with van der Waals surface area (Å²) in [6.07, 6.45) is 14.2. The van der Waals surface area contributed by atoms with E-state index in [0.29, 0.717) is 0 Å². The maximum absolute atomic E-state index is 2.28. The lowest BCUT2D eigenvalue weighted by Gasteiger charge is -2.03. The van der Waals surface area contributed by atoms with Gasteiger partial charge in [0.1, 0.15) is 0 Å². The summed E-state index contributed by atoms with van der Waals surface area (Å²) in [4.78, 5) is 0. The van der Waals surface area contributed by atoms with Crippen LogP contribution in [0.15, 0.2) is 0 Å². The van der Waals surface area contributed by atoms with E-state index in [1.807, 2.05) is 0 Å². The van der Waals surface area contributed by atoms with Crippen LogP contribution in [0.1, 0.15) is 78.1 Å². The number of hydrogen-bond donors (Lipinski definition) is 0. The molecule has 0 radical (unpaired) electrons. The van der Waals surface area contributed by atoms with Crippen molar-refractivity contribution < 1.29 is 0 Å². The first-order valence-electron chi connectivity index (χ1n) is 8.07. The Morgan fingerprint density at radius 3 is 1.17 bits per heavy atom. The van der Waals surface area contributed by atoms with Crippen LogP contribution in [0.25, 0.3) is 0 Å². The third-order valence-corrected chi connectivity index (χ3v) is 5.42. The van der Waals surface area contributed by atoms with Crippen molar-refractivity contribution in [1.82, 2.24) is 0 Å². The molecule has 0 aromatic carbocycles. The van der Waals surface area contributed by atoms with Gasteiger partial charge in [-0.2, -0.15) is 23.5 Å². The molecule has 0 amide bonds. The van der Waals surface area contributed by atoms with Gasteiger partial charge in [0, 0.05) is 0 Å². The SMILES string of the molecule is CCCCSCCCCCCCCSCCCC. The maximum atomic E-state index is 2.28. The van der Waals surface area contributed by atoms with Gasteiger partial charge in [-0.25, -0.2) is 0 Å². The fourth-order valence-electron chi connectivity index (χ4n) is 1.81. The number of rotatable bonds is 15. The molecule has 0 N–H and O–H groups in total. The zero-order valence-electron chi connectivity index (χ0n) is 12.7. The second kappa shape index (κ2) is 17.7. The highest BCUT2D eigenvalue weighted by atomic mass is 32.2. The Balaban J connectivity index is 2.86. The van der Waals surface area contributed by atoms with Crippen LogP contribution in [0.5, 0.6) is 0 Å². The molecule has 0 aromatic heterocycles. The van der Waals surface area contributed by atoms with Gasteiger partial charge in [-0.15, -0.1) is 0 Å². The molecule has 110 valence electrons. The van der Waals surface area contributed by atoms with E-state index in [9.17, 15) is 0 Å². The van der Waals surface area contributed by atoms with Crippen molar-refractivity contribution in [3.63, 3.8) is 0 Å². The Morgan fingerprint density at radius 1 is 0.444 bits per heavy atom. The van der Waals surface area contributed by atoms with Gasteiger partial charge < -0.3 is 0 Å². The lowest BCUT2D eigenvalue weighted by molar-refractivity contribution is 0.629. The number of unbranched alkanes of at least 4 members (excludes halogenated alkanes) is 7. The summed E-state index contributed by atoms with van der Waals surface area (Å²) in [6.45, 7) is 4.56. The van der Waals surface area contributed by atoms with E-state index in [1.165, 1.54) is 87.2 Å². The summed E-state index contributed by atoms with van der Waals surface area (Å²) in [5.74, 6) is 5.55. The van der Waals surface area contributed by atoms with Crippen molar-refractivity contribution in [3.05, 3.63) is 0 Å². The third-order valence-electron chi connectivity index (χ3n) is 3.11. The molecular weight excluding hydrogens is 256 g/mol. The maximum Gasteiger partial charge on any atom is -0.00675 e. The molecule has 0 rings (SSSR count). The second-order valence-electron chi connectivity index (χ2n) is 5.05. The monoisotopic (exact) mass is 290 g/mol. The van der Waals surface area contributed by atoms with E-state index in [-0.39, 0.29) is 0 Å². The average molecular weight is 291 g/mol. The molecule has 0 nitrogen and oxygen atoms in total. The minimum atomic E-state index is 1.35. The Kier molecular flexibility index (Phi) is 18.4. The fraction of sp³-hybridized carbons (Fsp3) is 1.00. The fourth-order valence-corrected chi connectivity index (χ4v) is 4.02. The summed E-state index contributed by atoms with van der Waals surface area (Å²) in [7, 11) is 0. The van der Waals surface area contributed by atoms with Gasteiger partial charge in [-0.05, 0) is 48.7 Å². The lowest BCUT2D eigenvalue weighted by atomic mass is 10.1. The summed E-state index contributed by atoms with van der Waals surface area (Å²) < 4.78 is 0. The molecule has 2 heteroatoms. The van der Waals surface area contributed by atoms with Crippen LogP contribution in [0.2, 0.25) is 0 Å². The van der Waals surface area contributed by atoms with Gasteiger partial charge in [-0.1, -0.05) is 52.4 Å². The van der Waals surface area contributed by atoms with Gasteiger partial charge in [0.05, 0.1) is 0 Å². The minimum absolute atomic E-state index is 1.35. The molecule has 0 saturated heterocycles. The molecule has 0 fully saturated rings. The summed E-state index contributed by atoms with van der Waals surface area (Å²) >= 11 is 4.31. The van der Waals surface area contributed by atoms with E-state index < -0.39 is 0 Å². The second-order valence-corrected chi connectivity index (χ2v) is 7.50. The Hall–Kier alpha value is 0.700. The van der Waals surface area contributed by atoms with Gasteiger partial charge >= 0.3 is 0 Å². The van der Waals surface area contributed by atoms with Crippen LogP contribution < -0.4 is 0 Å². The number of thioether (sulfide) groups is 2. The van der Waals surface area contributed by atoms with E-state index in [1.54, 1.807) is 0 Å². The van der Waals surface area contributed by atoms with Crippen LogP contribution >= 0.6 is 23.5 Å². The molecule has 0 spiro atoms. The van der Waals surface area contributed by atoms with Crippen molar-refractivity contribution in [2.75, 3.05) is 23.0 Å². The van der Waals surface area contributed by atoms with Gasteiger partial charge in [0.2, 0.25) is 0 Å². The molecule has 0 aromatic rings. The summed E-state index contributed by atoms with van der Waals surface area (Å²) in [5, 5.41) is 0. The molecule has 0 heterocycles. The van der Waals surface area contributed by atoms with Crippen LogP contribution in [-0.2, 0) is 0 Å². The Bertz CT molecular complexity index is 121. The number of hydrogen-bond acceptors (Lipinski definition) is 2. The molecule has 0 saturated carbocycles. The third kappa shape index (κ3) is 16.7. The zero-order chi connectivity index (χ0) is 13.3. The van der Waals surface area contributed by atoms with E-state index in [2.05, 4.69) is 37.4 Å². The van der Waals surface area contributed by atoms with Crippen molar-refractivity contribution in [2.24, 2.45) is 0 Å². The predicted molar refractivity (Wildman–Crippen MR) is 92.2 cm³/mol. The van der Waals surface area contributed by atoms with Crippen molar-refractivity contribution in [1.29, 1.82) is 0 Å². The molecule has 0 atom stereocenters. The molecular formula is C16H34S2. The minimum Gasteiger partial charge on any atom is -0.162 e. The molecule has 18 heavy (non-hydrogen) atoms. The summed E-state index contributed by atoms with van der Waals surface area (Å²) in [5.41, 5.74) is 0. The molecule has 0 unspecified atom stereocenters. The Morgan fingerprint density at radius 2 is 0.778 bits per heavy atom. The first-order chi connectivity index (χ1) is 8.91. The van der Waals surface area contributed by atoms with Crippen LogP contribution in [-0.4, -0.2) is 23.0 Å². The predicted octanol–water partition coefficient (Wildman–Crippen LogP) is 6.39. The standard InChI is InChI=1S/C16H34S2/c1-3-5-13-17-15-11-9-7-8-10-12-16-18-14-6-4-2/h3-16H2,1-2H3. The average Bonchev–Trinajstić information content (AvgIpc) is 2.39. The largest absolute Gasteiger partial charge is 0.162 e. The molecule has 0 aliphatic heterocycles. The van der Waals surface area contributed by atoms with E-state index in [4.69, 9.17) is 0 Å². The Labute approximate surface area is 124 Å². The van der Waals surface area contributed by atoms with Crippen molar-refractivity contribution in [3.8, 4) is 0 Å².